The average molecular weight is 444 g/mol. The Balaban J connectivity index is 2.10. The number of methoxy groups -OCH3 is 2. The highest BCUT2D eigenvalue weighted by Crippen LogP contribution is 2.31. The molecule has 164 valence electrons. The number of carbonyl (C=O) groups is 2. The molecule has 3 aromatic rings. The van der Waals surface area contributed by atoms with Crippen LogP contribution in [-0.4, -0.2) is 43.8 Å². The van der Waals surface area contributed by atoms with E-state index in [0.717, 1.165) is 10.2 Å². The number of benzene rings is 2. The van der Waals surface area contributed by atoms with Gasteiger partial charge in [0.25, 0.3) is 5.91 Å². The smallest absolute Gasteiger partial charge is 0.283 e. The summed E-state index contributed by atoms with van der Waals surface area (Å²) in [5.74, 6) is 0.220. The Morgan fingerprint density at radius 3 is 2.65 bits per heavy atom. The standard InChI is InChI=1S/C22H25N3O5S/c1-5-30-12-11-25-17-10-9-15(23-14(2)26)13-19(17)31-22(25)24-21(27)16-7-6-8-18(28-3)20(16)29-4/h6-10,13H,5,11-12H2,1-4H3,(H,23,26). The molecule has 1 heterocycles. The summed E-state index contributed by atoms with van der Waals surface area (Å²) in [5, 5.41) is 2.78. The molecule has 0 unspecified atom stereocenters. The molecule has 0 radical (unpaired) electrons. The third-order valence-corrected chi connectivity index (χ3v) is 5.54. The van der Waals surface area contributed by atoms with Gasteiger partial charge in [-0.3, -0.25) is 9.59 Å². The lowest BCUT2D eigenvalue weighted by Gasteiger charge is -2.10. The van der Waals surface area contributed by atoms with Crippen LogP contribution in [0.15, 0.2) is 41.4 Å². The summed E-state index contributed by atoms with van der Waals surface area (Å²) in [5.41, 5.74) is 1.91. The SMILES string of the molecule is CCOCCn1c(=NC(=O)c2cccc(OC)c2OC)sc2cc(NC(C)=O)ccc21. The number of ether oxygens (including phenoxy) is 3. The molecule has 3 rings (SSSR count). The van der Waals surface area contributed by atoms with Gasteiger partial charge in [-0.15, -0.1) is 0 Å². The van der Waals surface area contributed by atoms with Crippen LogP contribution in [0.25, 0.3) is 10.2 Å². The molecule has 0 saturated carbocycles. The summed E-state index contributed by atoms with van der Waals surface area (Å²) in [6.45, 7) is 5.01. The van der Waals surface area contributed by atoms with Gasteiger partial charge in [0, 0.05) is 25.8 Å². The van der Waals surface area contributed by atoms with Crippen LogP contribution in [0.3, 0.4) is 0 Å². The minimum absolute atomic E-state index is 0.148. The van der Waals surface area contributed by atoms with E-state index < -0.39 is 5.91 Å². The van der Waals surface area contributed by atoms with Crippen LogP contribution in [0, 0.1) is 0 Å². The monoisotopic (exact) mass is 443 g/mol. The third kappa shape index (κ3) is 5.12. The molecule has 0 atom stereocenters. The summed E-state index contributed by atoms with van der Waals surface area (Å²) >= 11 is 1.37. The fourth-order valence-corrected chi connectivity index (χ4v) is 4.25. The van der Waals surface area contributed by atoms with Gasteiger partial charge < -0.3 is 24.1 Å². The molecule has 0 fully saturated rings. The molecule has 0 saturated heterocycles. The Morgan fingerprint density at radius 2 is 1.97 bits per heavy atom. The Labute approximate surface area is 184 Å². The molecule has 2 amide bonds. The van der Waals surface area contributed by atoms with Gasteiger partial charge in [-0.05, 0) is 37.3 Å². The topological polar surface area (TPSA) is 91.2 Å². The van der Waals surface area contributed by atoms with E-state index in [1.165, 1.54) is 32.5 Å². The van der Waals surface area contributed by atoms with Crippen LogP contribution in [0.5, 0.6) is 11.5 Å². The van der Waals surface area contributed by atoms with Crippen LogP contribution in [0.4, 0.5) is 5.69 Å². The minimum Gasteiger partial charge on any atom is -0.493 e. The molecule has 1 aromatic heterocycles. The molecular weight excluding hydrogens is 418 g/mol. The average Bonchev–Trinajstić information content (AvgIpc) is 3.08. The first-order chi connectivity index (χ1) is 15.0. The zero-order chi connectivity index (χ0) is 22.4. The minimum atomic E-state index is -0.436. The van der Waals surface area contributed by atoms with E-state index >= 15 is 0 Å². The molecule has 9 heteroatoms. The molecule has 0 bridgehead atoms. The maximum absolute atomic E-state index is 13.0. The fourth-order valence-electron chi connectivity index (χ4n) is 3.16. The van der Waals surface area contributed by atoms with Crippen molar-refractivity contribution in [3.05, 3.63) is 46.8 Å². The number of fused-ring (bicyclic) bond motifs is 1. The number of para-hydroxylation sites is 1. The predicted octanol–water partition coefficient (Wildman–Crippen LogP) is 3.46. The van der Waals surface area contributed by atoms with Crippen molar-refractivity contribution < 1.29 is 23.8 Å². The largest absolute Gasteiger partial charge is 0.493 e. The number of anilines is 1. The van der Waals surface area contributed by atoms with Crippen LogP contribution in [0.2, 0.25) is 0 Å². The lowest BCUT2D eigenvalue weighted by Crippen LogP contribution is -2.20. The second-order valence-electron chi connectivity index (χ2n) is 6.55. The summed E-state index contributed by atoms with van der Waals surface area (Å²) in [6.07, 6.45) is 0. The molecule has 31 heavy (non-hydrogen) atoms. The number of aromatic nitrogens is 1. The van der Waals surface area contributed by atoms with E-state index in [1.54, 1.807) is 18.2 Å². The van der Waals surface area contributed by atoms with Crippen LogP contribution in [0.1, 0.15) is 24.2 Å². The van der Waals surface area contributed by atoms with Gasteiger partial charge in [0.1, 0.15) is 0 Å². The van der Waals surface area contributed by atoms with Crippen molar-refractivity contribution in [3.63, 3.8) is 0 Å². The van der Waals surface area contributed by atoms with Gasteiger partial charge in [0.2, 0.25) is 5.91 Å². The summed E-state index contributed by atoms with van der Waals surface area (Å²) < 4.78 is 19.0. The first-order valence-corrected chi connectivity index (χ1v) is 10.6. The number of amides is 2. The number of nitrogens with zero attached hydrogens (tertiary/aromatic N) is 2. The van der Waals surface area contributed by atoms with Crippen molar-refractivity contribution in [2.24, 2.45) is 4.99 Å². The second-order valence-corrected chi connectivity index (χ2v) is 7.56. The Bertz CT molecular complexity index is 1170. The molecule has 0 aliphatic rings. The van der Waals surface area contributed by atoms with Crippen LogP contribution in [-0.2, 0) is 16.1 Å². The van der Waals surface area contributed by atoms with Gasteiger partial charge in [-0.1, -0.05) is 17.4 Å². The highest BCUT2D eigenvalue weighted by atomic mass is 32.1. The Kier molecular flexibility index (Phi) is 7.43. The highest BCUT2D eigenvalue weighted by molar-refractivity contribution is 7.16. The van der Waals surface area contributed by atoms with Gasteiger partial charge >= 0.3 is 0 Å². The van der Waals surface area contributed by atoms with Crippen molar-refractivity contribution >= 4 is 39.1 Å². The molecule has 0 aliphatic carbocycles. The number of nitrogens with one attached hydrogen (secondary N) is 1. The van der Waals surface area contributed by atoms with Crippen molar-refractivity contribution in [1.29, 1.82) is 0 Å². The molecule has 0 spiro atoms. The molecule has 2 aromatic carbocycles. The van der Waals surface area contributed by atoms with Gasteiger partial charge in [-0.25, -0.2) is 0 Å². The Morgan fingerprint density at radius 1 is 1.16 bits per heavy atom. The van der Waals surface area contributed by atoms with Crippen LogP contribution >= 0.6 is 11.3 Å². The van der Waals surface area contributed by atoms with Crippen molar-refractivity contribution in [1.82, 2.24) is 4.57 Å². The summed E-state index contributed by atoms with van der Waals surface area (Å²) in [4.78, 5) is 29.3. The maximum Gasteiger partial charge on any atom is 0.283 e. The quantitative estimate of drug-likeness (QED) is 0.539. The van der Waals surface area contributed by atoms with Gasteiger partial charge in [-0.2, -0.15) is 4.99 Å². The highest BCUT2D eigenvalue weighted by Gasteiger charge is 2.17. The Hall–Kier alpha value is -3.17. The number of carbonyl (C=O) groups excluding carboxylic acids is 2. The zero-order valence-electron chi connectivity index (χ0n) is 17.9. The molecule has 1 N–H and O–H groups in total. The number of hydrogen-bond acceptors (Lipinski definition) is 6. The molecule has 0 aliphatic heterocycles. The lowest BCUT2D eigenvalue weighted by atomic mass is 10.2. The summed E-state index contributed by atoms with van der Waals surface area (Å²) in [6, 6.07) is 10.7. The number of thiazole rings is 1. The number of rotatable bonds is 8. The van der Waals surface area contributed by atoms with Crippen molar-refractivity contribution in [2.75, 3.05) is 32.8 Å². The van der Waals surface area contributed by atoms with Crippen molar-refractivity contribution in [2.45, 2.75) is 20.4 Å². The first kappa shape index (κ1) is 22.5. The van der Waals surface area contributed by atoms with Crippen molar-refractivity contribution in [3.8, 4) is 11.5 Å². The molecule has 8 nitrogen and oxygen atoms in total. The third-order valence-electron chi connectivity index (χ3n) is 4.50. The lowest BCUT2D eigenvalue weighted by molar-refractivity contribution is -0.114. The first-order valence-electron chi connectivity index (χ1n) is 9.77. The normalized spacial score (nSPS) is 11.5. The van der Waals surface area contributed by atoms with Gasteiger partial charge in [0.05, 0.1) is 36.6 Å². The van der Waals surface area contributed by atoms with Gasteiger partial charge in [0.15, 0.2) is 16.3 Å². The number of hydrogen-bond donors (Lipinski definition) is 1. The second kappa shape index (κ2) is 10.2. The van der Waals surface area contributed by atoms with E-state index in [0.29, 0.717) is 47.3 Å². The van der Waals surface area contributed by atoms with E-state index in [9.17, 15) is 9.59 Å². The van der Waals surface area contributed by atoms with Crippen LogP contribution < -0.4 is 19.6 Å². The maximum atomic E-state index is 13.0. The summed E-state index contributed by atoms with van der Waals surface area (Å²) in [7, 11) is 3.00. The predicted molar refractivity (Wildman–Crippen MR) is 120 cm³/mol. The van der Waals surface area contributed by atoms with E-state index in [-0.39, 0.29) is 5.91 Å². The van der Waals surface area contributed by atoms with E-state index in [4.69, 9.17) is 14.2 Å². The zero-order valence-corrected chi connectivity index (χ0v) is 18.7. The van der Waals surface area contributed by atoms with E-state index in [1.807, 2.05) is 29.7 Å². The van der Waals surface area contributed by atoms with E-state index in [2.05, 4.69) is 10.3 Å². The fraction of sp³-hybridized carbons (Fsp3) is 0.318. The molecular formula is C22H25N3O5S.